The number of benzene rings is 3. The summed E-state index contributed by atoms with van der Waals surface area (Å²) < 4.78 is 10.9. The van der Waals surface area contributed by atoms with E-state index in [1.165, 1.54) is 13.5 Å². The quantitative estimate of drug-likeness (QED) is 0.142. The number of carbonyl (C=O) groups excluding carboxylic acids is 3. The van der Waals surface area contributed by atoms with Crippen LogP contribution in [0.4, 0.5) is 4.79 Å². The Balaban J connectivity index is 0.897. The fourth-order valence-electron chi connectivity index (χ4n) is 9.74. The number of fused-ring (bicyclic) bond motifs is 4. The highest BCUT2D eigenvalue weighted by Gasteiger charge is 2.40. The monoisotopic (exact) mass is 824 g/mol. The molecular formula is C48H56N8O5. The van der Waals surface area contributed by atoms with E-state index in [9.17, 15) is 14.4 Å². The number of nitrogens with one attached hydrogen (secondary N) is 3. The molecule has 9 rings (SSSR count). The number of aromatic nitrogens is 4. The van der Waals surface area contributed by atoms with E-state index < -0.39 is 12.1 Å². The summed E-state index contributed by atoms with van der Waals surface area (Å²) in [6.45, 7) is 4.14. The van der Waals surface area contributed by atoms with Gasteiger partial charge in [-0.3, -0.25) is 14.5 Å². The van der Waals surface area contributed by atoms with Crippen LogP contribution in [0.5, 0.6) is 0 Å². The summed E-state index contributed by atoms with van der Waals surface area (Å²) in [5.41, 5.74) is 7.86. The van der Waals surface area contributed by atoms with E-state index in [2.05, 4.69) is 85.7 Å². The van der Waals surface area contributed by atoms with Crippen molar-refractivity contribution in [2.24, 2.45) is 0 Å². The third kappa shape index (κ3) is 8.72. The zero-order valence-electron chi connectivity index (χ0n) is 35.0. The highest BCUT2D eigenvalue weighted by molar-refractivity contribution is 5.86. The van der Waals surface area contributed by atoms with Crippen LogP contribution in [0.25, 0.3) is 33.6 Å². The molecule has 6 heterocycles. The predicted molar refractivity (Wildman–Crippen MR) is 232 cm³/mol. The number of ether oxygens (including phenoxy) is 2. The number of amides is 3. The standard InChI is InChI=1S/C48H56N8O5/c1-60-48(59)52-37-14-6-9-29-61-31-39-42(53-45(51-39)41-16-11-27-55(41)46(37)57)35-23-19-33(20-24-35)32-17-21-34(22-18-32)38-30-49-44(50-38)40-15-10-28-56(40)47(58)43(36-12-4-2-5-13-36)54-25-7-3-8-26-54/h2,4-5,12-13,17-24,30,37,40-41,43H,3,6-11,14-16,25-29,31H2,1H3,(H,49,50)(H,51,53)(H,52,59)/t37-,40-,41-,43+/m0/s1. The molecule has 4 atom stereocenters. The van der Waals surface area contributed by atoms with Gasteiger partial charge >= 0.3 is 6.09 Å². The minimum atomic E-state index is -0.663. The fraction of sp³-hybridized carbons (Fsp3) is 0.438. The highest BCUT2D eigenvalue weighted by atomic mass is 16.5. The Morgan fingerprint density at radius 3 is 2.21 bits per heavy atom. The molecule has 3 amide bonds. The molecule has 0 unspecified atom stereocenters. The van der Waals surface area contributed by atoms with Crippen LogP contribution in [0.3, 0.4) is 0 Å². The van der Waals surface area contributed by atoms with Gasteiger partial charge in [0, 0.05) is 25.3 Å². The van der Waals surface area contributed by atoms with Crippen molar-refractivity contribution in [3.8, 4) is 33.6 Å². The van der Waals surface area contributed by atoms with Gasteiger partial charge in [0.1, 0.15) is 23.7 Å². The molecule has 3 N–H and O–H groups in total. The number of rotatable bonds is 8. The topological polar surface area (TPSA) is 149 Å². The van der Waals surface area contributed by atoms with Crippen LogP contribution < -0.4 is 5.32 Å². The second kappa shape index (κ2) is 18.4. The number of likely N-dealkylation sites (tertiary alicyclic amines) is 2. The van der Waals surface area contributed by atoms with Crippen molar-refractivity contribution in [1.82, 2.24) is 40.0 Å². The first-order valence-corrected chi connectivity index (χ1v) is 22.1. The van der Waals surface area contributed by atoms with Crippen molar-refractivity contribution in [3.63, 3.8) is 0 Å². The summed E-state index contributed by atoms with van der Waals surface area (Å²) in [6.07, 6.45) is 10.3. The number of hydrogen-bond donors (Lipinski definition) is 3. The molecule has 0 aliphatic carbocycles. The fourth-order valence-corrected chi connectivity index (χ4v) is 9.74. The maximum absolute atomic E-state index is 14.4. The van der Waals surface area contributed by atoms with E-state index in [0.29, 0.717) is 26.2 Å². The summed E-state index contributed by atoms with van der Waals surface area (Å²) in [5.74, 6) is 1.64. The van der Waals surface area contributed by atoms with Crippen molar-refractivity contribution < 1.29 is 23.9 Å². The zero-order valence-corrected chi connectivity index (χ0v) is 35.0. The average Bonchev–Trinajstić information content (AvgIpc) is 4.15. The van der Waals surface area contributed by atoms with Gasteiger partial charge in [-0.15, -0.1) is 0 Å². The lowest BCUT2D eigenvalue weighted by Gasteiger charge is -2.37. The van der Waals surface area contributed by atoms with Gasteiger partial charge in [0.15, 0.2) is 0 Å². The number of aromatic amines is 2. The van der Waals surface area contributed by atoms with Crippen LogP contribution in [0.1, 0.15) is 105 Å². The largest absolute Gasteiger partial charge is 0.453 e. The van der Waals surface area contributed by atoms with Gasteiger partial charge in [-0.2, -0.15) is 0 Å². The SMILES string of the molecule is COC(=O)N[C@H]1CCCCOCc2[nH]c(nc2-c2ccc(-c3ccc(-c4cnc([C@@H]5CCCN5C(=O)[C@@H](c5ccccc5)N5CCCCC5)[nH]4)cc3)cc2)[C@@H]2CCCN2C1=O. The third-order valence-electron chi connectivity index (χ3n) is 12.9. The highest BCUT2D eigenvalue weighted by Crippen LogP contribution is 2.38. The van der Waals surface area contributed by atoms with Gasteiger partial charge in [-0.05, 0) is 93.1 Å². The molecule has 3 fully saturated rings. The van der Waals surface area contributed by atoms with Gasteiger partial charge < -0.3 is 34.6 Å². The van der Waals surface area contributed by atoms with Gasteiger partial charge in [-0.25, -0.2) is 14.8 Å². The van der Waals surface area contributed by atoms with Crippen LogP contribution in [0.2, 0.25) is 0 Å². The van der Waals surface area contributed by atoms with E-state index in [1.54, 1.807) is 0 Å². The molecule has 2 bridgehead atoms. The molecule has 13 nitrogen and oxygen atoms in total. The minimum Gasteiger partial charge on any atom is -0.453 e. The Morgan fingerprint density at radius 1 is 0.754 bits per heavy atom. The first-order valence-electron chi connectivity index (χ1n) is 22.1. The average molecular weight is 825 g/mol. The molecule has 318 valence electrons. The lowest BCUT2D eigenvalue weighted by molar-refractivity contribution is -0.139. The molecule has 61 heavy (non-hydrogen) atoms. The number of nitrogens with zero attached hydrogens (tertiary/aromatic N) is 5. The van der Waals surface area contributed by atoms with Crippen molar-refractivity contribution in [3.05, 3.63) is 108 Å². The zero-order chi connectivity index (χ0) is 41.7. The van der Waals surface area contributed by atoms with Crippen molar-refractivity contribution in [2.75, 3.05) is 39.9 Å². The van der Waals surface area contributed by atoms with Crippen molar-refractivity contribution >= 4 is 17.9 Å². The molecule has 3 aromatic carbocycles. The summed E-state index contributed by atoms with van der Waals surface area (Å²) in [6, 6.07) is 25.9. The van der Waals surface area contributed by atoms with Crippen LogP contribution in [0, 0.1) is 0 Å². The molecule has 4 aliphatic rings. The number of H-pyrrole nitrogens is 2. The lowest BCUT2D eigenvalue weighted by Crippen LogP contribution is -2.48. The number of piperidine rings is 1. The van der Waals surface area contributed by atoms with E-state index in [0.717, 1.165) is 128 Å². The third-order valence-corrected chi connectivity index (χ3v) is 12.9. The van der Waals surface area contributed by atoms with Crippen molar-refractivity contribution in [2.45, 2.75) is 95.0 Å². The second-order valence-electron chi connectivity index (χ2n) is 16.8. The van der Waals surface area contributed by atoms with Crippen LogP contribution in [0.15, 0.2) is 85.1 Å². The summed E-state index contributed by atoms with van der Waals surface area (Å²) in [5, 5.41) is 2.76. The van der Waals surface area contributed by atoms with E-state index in [4.69, 9.17) is 19.4 Å². The number of carbonyl (C=O) groups is 3. The summed E-state index contributed by atoms with van der Waals surface area (Å²) >= 11 is 0. The van der Waals surface area contributed by atoms with Gasteiger partial charge in [0.05, 0.1) is 49.1 Å². The number of imidazole rings is 2. The van der Waals surface area contributed by atoms with Crippen molar-refractivity contribution in [1.29, 1.82) is 0 Å². The Morgan fingerprint density at radius 2 is 1.46 bits per heavy atom. The van der Waals surface area contributed by atoms with E-state index >= 15 is 0 Å². The second-order valence-corrected chi connectivity index (χ2v) is 16.8. The number of methoxy groups -OCH3 is 1. The molecule has 0 spiro atoms. The van der Waals surface area contributed by atoms with E-state index in [-0.39, 0.29) is 29.9 Å². The normalized spacial score (nSPS) is 21.9. The summed E-state index contributed by atoms with van der Waals surface area (Å²) in [7, 11) is 1.31. The van der Waals surface area contributed by atoms with Crippen LogP contribution >= 0.6 is 0 Å². The van der Waals surface area contributed by atoms with Gasteiger partial charge in [0.25, 0.3) is 0 Å². The lowest BCUT2D eigenvalue weighted by atomic mass is 10.00. The molecule has 2 aromatic heterocycles. The van der Waals surface area contributed by atoms with Crippen LogP contribution in [-0.2, 0) is 25.7 Å². The molecule has 5 aromatic rings. The molecule has 13 heteroatoms. The number of alkyl carbamates (subject to hydrolysis) is 1. The first kappa shape index (κ1) is 40.6. The predicted octanol–water partition coefficient (Wildman–Crippen LogP) is 8.11. The number of hydrogen-bond acceptors (Lipinski definition) is 8. The maximum atomic E-state index is 14.4. The van der Waals surface area contributed by atoms with Crippen LogP contribution in [-0.4, -0.2) is 98.5 Å². The Bertz CT molecular complexity index is 2280. The minimum absolute atomic E-state index is 0.0826. The Kier molecular flexibility index (Phi) is 12.3. The van der Waals surface area contributed by atoms with E-state index in [1.807, 2.05) is 29.3 Å². The molecule has 0 radical (unpaired) electrons. The molecule has 3 saturated heterocycles. The summed E-state index contributed by atoms with van der Waals surface area (Å²) in [4.78, 5) is 63.7. The first-order chi connectivity index (χ1) is 29.9. The molecule has 4 aliphatic heterocycles. The van der Waals surface area contributed by atoms with Gasteiger partial charge in [-0.1, -0.05) is 85.3 Å². The smallest absolute Gasteiger partial charge is 0.407 e. The Labute approximate surface area is 357 Å². The molecule has 0 saturated carbocycles. The maximum Gasteiger partial charge on any atom is 0.407 e. The van der Waals surface area contributed by atoms with Gasteiger partial charge in [0.2, 0.25) is 11.8 Å². The molecular weight excluding hydrogens is 769 g/mol. The Hall–Kier alpha value is -5.79.